The number of hydrogen-bond acceptors (Lipinski definition) is 18. The van der Waals surface area contributed by atoms with E-state index in [0.717, 1.165) is 12.2 Å². The molecule has 0 unspecified atom stereocenters. The maximum Gasteiger partial charge on any atom is 0.513 e. The van der Waals surface area contributed by atoms with Crippen LogP contribution < -0.4 is 28.4 Å². The first-order chi connectivity index (χ1) is 32.9. The zero-order chi connectivity index (χ0) is 48.7. The van der Waals surface area contributed by atoms with Gasteiger partial charge in [-0.15, -0.1) is 0 Å². The van der Waals surface area contributed by atoms with Gasteiger partial charge in [0.25, 0.3) is 0 Å². The van der Waals surface area contributed by atoms with Crippen LogP contribution in [0.15, 0.2) is 147 Å². The molecule has 68 heavy (non-hydrogen) atoms. The summed E-state index contributed by atoms with van der Waals surface area (Å²) in [4.78, 5) is 96.9. The third-order valence-corrected chi connectivity index (χ3v) is 8.77. The standard InChI is InChI=1S/C50H42O18/c1-3-43(51)59-29-6-5-7-30-61-49(57)67-41-21-13-35(14-22-41)45(53)63-37-17-9-33(10-18-37)47(55)65-39-25-27-40(28-26-39)66-48(56)34-11-19-38(20-12-34)64-46(54)36-15-23-42(24-16-36)68-50(58)62-32-8-31-60-44(52)4-2/h3-4,9-28H,1-2,5-8,29-32H2. The van der Waals surface area contributed by atoms with Gasteiger partial charge in [0.15, 0.2) is 0 Å². The molecule has 0 fully saturated rings. The second kappa shape index (κ2) is 26.0. The lowest BCUT2D eigenvalue weighted by molar-refractivity contribution is -0.138. The van der Waals surface area contributed by atoms with Crippen molar-refractivity contribution in [1.82, 2.24) is 0 Å². The molecule has 0 spiro atoms. The summed E-state index contributed by atoms with van der Waals surface area (Å²) in [6.07, 6.45) is 2.27. The molecule has 5 aromatic carbocycles. The Morgan fingerprint density at radius 1 is 0.309 bits per heavy atom. The van der Waals surface area contributed by atoms with Crippen molar-refractivity contribution in [2.75, 3.05) is 26.4 Å². The van der Waals surface area contributed by atoms with Gasteiger partial charge in [-0.3, -0.25) is 0 Å². The Morgan fingerprint density at radius 2 is 0.544 bits per heavy atom. The molecule has 0 bridgehead atoms. The van der Waals surface area contributed by atoms with Crippen LogP contribution in [0.5, 0.6) is 34.5 Å². The van der Waals surface area contributed by atoms with Crippen molar-refractivity contribution in [3.05, 3.63) is 169 Å². The van der Waals surface area contributed by atoms with Crippen LogP contribution in [-0.2, 0) is 28.5 Å². The summed E-state index contributed by atoms with van der Waals surface area (Å²) in [6, 6.07) is 28.0. The fourth-order valence-corrected chi connectivity index (χ4v) is 5.34. The first-order valence-electron chi connectivity index (χ1n) is 20.6. The van der Waals surface area contributed by atoms with E-state index in [-0.39, 0.29) is 89.6 Å². The lowest BCUT2D eigenvalue weighted by Crippen LogP contribution is -2.13. The molecule has 0 aliphatic heterocycles. The zero-order valence-corrected chi connectivity index (χ0v) is 36.1. The topological polar surface area (TPSA) is 229 Å². The summed E-state index contributed by atoms with van der Waals surface area (Å²) in [6.45, 7) is 6.94. The zero-order valence-electron chi connectivity index (χ0n) is 36.1. The average Bonchev–Trinajstić information content (AvgIpc) is 3.34. The van der Waals surface area contributed by atoms with Gasteiger partial charge in [0, 0.05) is 18.6 Å². The molecule has 5 aromatic rings. The lowest BCUT2D eigenvalue weighted by atomic mass is 10.2. The van der Waals surface area contributed by atoms with E-state index in [9.17, 15) is 38.4 Å². The molecule has 0 radical (unpaired) electrons. The highest BCUT2D eigenvalue weighted by molar-refractivity contribution is 5.94. The van der Waals surface area contributed by atoms with Gasteiger partial charge in [-0.25, -0.2) is 38.4 Å². The predicted molar refractivity (Wildman–Crippen MR) is 237 cm³/mol. The summed E-state index contributed by atoms with van der Waals surface area (Å²) in [5.74, 6) is -3.08. The van der Waals surface area contributed by atoms with Crippen LogP contribution in [-0.4, -0.2) is 74.6 Å². The molecular formula is C50H42O18. The van der Waals surface area contributed by atoms with Gasteiger partial charge < -0.3 is 47.4 Å². The number of carbonyl (C=O) groups excluding carboxylic acids is 8. The fraction of sp³-hybridized carbons (Fsp3) is 0.160. The molecule has 5 rings (SSSR count). The van der Waals surface area contributed by atoms with Crippen molar-refractivity contribution in [1.29, 1.82) is 0 Å². The van der Waals surface area contributed by atoms with Crippen molar-refractivity contribution < 1.29 is 85.7 Å². The van der Waals surface area contributed by atoms with Crippen LogP contribution >= 0.6 is 0 Å². The summed E-state index contributed by atoms with van der Waals surface area (Å²) in [5, 5.41) is 0. The van der Waals surface area contributed by atoms with Crippen LogP contribution in [0.2, 0.25) is 0 Å². The van der Waals surface area contributed by atoms with Gasteiger partial charge >= 0.3 is 48.1 Å². The molecule has 18 nitrogen and oxygen atoms in total. The number of benzene rings is 5. The Hall–Kier alpha value is -9.06. The third kappa shape index (κ3) is 16.8. The Labute approximate surface area is 388 Å². The number of carbonyl (C=O) groups is 8. The largest absolute Gasteiger partial charge is 0.513 e. The first-order valence-corrected chi connectivity index (χ1v) is 20.6. The molecule has 0 aliphatic carbocycles. The van der Waals surface area contributed by atoms with E-state index < -0.39 is 48.1 Å². The molecule has 0 N–H and O–H groups in total. The Kier molecular flexibility index (Phi) is 19.1. The van der Waals surface area contributed by atoms with E-state index in [1.807, 2.05) is 0 Å². The van der Waals surface area contributed by atoms with E-state index in [1.165, 1.54) is 121 Å². The third-order valence-electron chi connectivity index (χ3n) is 8.77. The number of hydrogen-bond donors (Lipinski definition) is 0. The second-order valence-electron chi connectivity index (χ2n) is 13.7. The molecule has 0 saturated carbocycles. The normalized spacial score (nSPS) is 10.2. The van der Waals surface area contributed by atoms with Crippen LogP contribution in [0, 0.1) is 0 Å². The van der Waals surface area contributed by atoms with E-state index in [2.05, 4.69) is 13.2 Å². The minimum absolute atomic E-state index is 0.0407. The van der Waals surface area contributed by atoms with Crippen LogP contribution in [0.1, 0.15) is 67.1 Å². The molecule has 0 atom stereocenters. The molecule has 0 heterocycles. The highest BCUT2D eigenvalue weighted by Gasteiger charge is 2.16. The Balaban J connectivity index is 0.992. The number of rotatable bonds is 22. The minimum Gasteiger partial charge on any atom is -0.463 e. The van der Waals surface area contributed by atoms with E-state index in [1.54, 1.807) is 0 Å². The maximum absolute atomic E-state index is 12.8. The van der Waals surface area contributed by atoms with Gasteiger partial charge in [-0.1, -0.05) is 13.2 Å². The molecular weight excluding hydrogens is 889 g/mol. The van der Waals surface area contributed by atoms with Gasteiger partial charge in [0.1, 0.15) is 34.5 Å². The number of esters is 6. The highest BCUT2D eigenvalue weighted by atomic mass is 16.7. The molecule has 0 amide bonds. The lowest BCUT2D eigenvalue weighted by Gasteiger charge is -2.09. The van der Waals surface area contributed by atoms with Gasteiger partial charge in [0.05, 0.1) is 48.7 Å². The van der Waals surface area contributed by atoms with Gasteiger partial charge in [-0.2, -0.15) is 0 Å². The molecule has 18 heteroatoms. The predicted octanol–water partition coefficient (Wildman–Crippen LogP) is 8.61. The van der Waals surface area contributed by atoms with Crippen molar-refractivity contribution >= 4 is 48.1 Å². The number of unbranched alkanes of at least 4 members (excludes halogenated alkanes) is 2. The van der Waals surface area contributed by atoms with Crippen molar-refractivity contribution in [3.8, 4) is 34.5 Å². The van der Waals surface area contributed by atoms with E-state index in [4.69, 9.17) is 47.4 Å². The van der Waals surface area contributed by atoms with Gasteiger partial charge in [-0.05, 0) is 141 Å². The van der Waals surface area contributed by atoms with Crippen molar-refractivity contribution in [3.63, 3.8) is 0 Å². The minimum atomic E-state index is -0.983. The maximum atomic E-state index is 12.8. The monoisotopic (exact) mass is 930 g/mol. The van der Waals surface area contributed by atoms with E-state index in [0.29, 0.717) is 19.3 Å². The van der Waals surface area contributed by atoms with E-state index >= 15 is 0 Å². The highest BCUT2D eigenvalue weighted by Crippen LogP contribution is 2.23. The summed E-state index contributed by atoms with van der Waals surface area (Å²) in [5.41, 5.74) is 0.609. The first kappa shape index (κ1) is 49.9. The molecule has 0 aliphatic rings. The Bertz CT molecular complexity index is 2560. The molecule has 0 saturated heterocycles. The van der Waals surface area contributed by atoms with Crippen LogP contribution in [0.4, 0.5) is 9.59 Å². The molecule has 350 valence electrons. The average molecular weight is 931 g/mol. The summed E-state index contributed by atoms with van der Waals surface area (Å²) in [7, 11) is 0. The fourth-order valence-electron chi connectivity index (χ4n) is 5.34. The summed E-state index contributed by atoms with van der Waals surface area (Å²) < 4.78 is 51.4. The van der Waals surface area contributed by atoms with Crippen LogP contribution in [0.25, 0.3) is 0 Å². The number of ether oxygens (including phenoxy) is 10. The van der Waals surface area contributed by atoms with Crippen molar-refractivity contribution in [2.45, 2.75) is 25.7 Å². The molecule has 0 aromatic heterocycles. The smallest absolute Gasteiger partial charge is 0.463 e. The Morgan fingerprint density at radius 3 is 0.838 bits per heavy atom. The van der Waals surface area contributed by atoms with Gasteiger partial charge in [0.2, 0.25) is 0 Å². The van der Waals surface area contributed by atoms with Crippen molar-refractivity contribution in [2.24, 2.45) is 0 Å². The van der Waals surface area contributed by atoms with Crippen LogP contribution in [0.3, 0.4) is 0 Å². The SMILES string of the molecule is C=CC(=O)OCCCCCOC(=O)Oc1ccc(C(=O)Oc2ccc(C(=O)Oc3ccc(OC(=O)c4ccc(OC(=O)c5ccc(OC(=O)OCCCOC(=O)C=C)cc5)cc4)cc3)cc2)cc1. The quantitative estimate of drug-likeness (QED) is 0.0158. The second-order valence-corrected chi connectivity index (χ2v) is 13.7. The summed E-state index contributed by atoms with van der Waals surface area (Å²) >= 11 is 0.